The Morgan fingerprint density at radius 2 is 2.04 bits per heavy atom. The van der Waals surface area contributed by atoms with Crippen LogP contribution in [0.5, 0.6) is 0 Å². The van der Waals surface area contributed by atoms with Gasteiger partial charge in [-0.15, -0.1) is 0 Å². The normalized spacial score (nSPS) is 21.8. The summed E-state index contributed by atoms with van der Waals surface area (Å²) in [5, 5.41) is 0. The zero-order chi connectivity index (χ0) is 18.7. The lowest BCUT2D eigenvalue weighted by atomic mass is 9.95. The number of alkyl halides is 3. The summed E-state index contributed by atoms with van der Waals surface area (Å²) in [6.45, 7) is 3.40. The highest BCUT2D eigenvalue weighted by Crippen LogP contribution is 2.30. The van der Waals surface area contributed by atoms with Gasteiger partial charge in [0.1, 0.15) is 5.69 Å². The van der Waals surface area contributed by atoms with Crippen molar-refractivity contribution < 1.29 is 22.7 Å². The molecule has 1 atom stereocenters. The van der Waals surface area contributed by atoms with E-state index in [1.807, 2.05) is 7.05 Å². The Morgan fingerprint density at radius 3 is 2.58 bits per heavy atom. The standard InChI is InChI=1S/C18H24F3N3O2/c1-23(17(25)14-6-9-26-12-14)11-13-4-7-24(8-5-13)15-2-3-16(22-10-15)18(19,20)21/h2-3,10,13-14H,4-9,11-12H2,1H3. The fraction of sp³-hybridized carbons (Fsp3) is 0.667. The molecular formula is C18H24F3N3O2. The molecule has 0 N–H and O–H groups in total. The molecule has 3 rings (SSSR count). The number of aromatic nitrogens is 1. The first-order valence-corrected chi connectivity index (χ1v) is 8.95. The number of carbonyl (C=O) groups excluding carboxylic acids is 1. The molecule has 3 heterocycles. The summed E-state index contributed by atoms with van der Waals surface area (Å²) in [6.07, 6.45) is -0.520. The molecule has 8 heteroatoms. The van der Waals surface area contributed by atoms with Crippen molar-refractivity contribution in [1.82, 2.24) is 9.88 Å². The van der Waals surface area contributed by atoms with Crippen molar-refractivity contribution in [3.05, 3.63) is 24.0 Å². The second kappa shape index (κ2) is 7.82. The van der Waals surface area contributed by atoms with Gasteiger partial charge in [-0.25, -0.2) is 4.98 Å². The van der Waals surface area contributed by atoms with Crippen LogP contribution >= 0.6 is 0 Å². The van der Waals surface area contributed by atoms with E-state index in [2.05, 4.69) is 9.88 Å². The van der Waals surface area contributed by atoms with Gasteiger partial charge in [-0.05, 0) is 37.3 Å². The Balaban J connectivity index is 1.48. The Morgan fingerprint density at radius 1 is 1.31 bits per heavy atom. The van der Waals surface area contributed by atoms with E-state index < -0.39 is 11.9 Å². The van der Waals surface area contributed by atoms with E-state index in [-0.39, 0.29) is 11.8 Å². The highest BCUT2D eigenvalue weighted by Gasteiger charge is 2.32. The summed E-state index contributed by atoms with van der Waals surface area (Å²) in [7, 11) is 1.84. The summed E-state index contributed by atoms with van der Waals surface area (Å²) in [6, 6.07) is 2.50. The Labute approximate surface area is 151 Å². The van der Waals surface area contributed by atoms with Gasteiger partial charge in [0, 0.05) is 33.3 Å². The number of amides is 1. The molecule has 0 spiro atoms. The summed E-state index contributed by atoms with van der Waals surface area (Å²) >= 11 is 0. The Bertz CT molecular complexity index is 607. The van der Waals surface area contributed by atoms with Crippen LogP contribution in [0.3, 0.4) is 0 Å². The van der Waals surface area contributed by atoms with Gasteiger partial charge in [0.15, 0.2) is 0 Å². The molecule has 1 aromatic heterocycles. The molecule has 0 aromatic carbocycles. The van der Waals surface area contributed by atoms with E-state index in [1.54, 1.807) is 4.90 Å². The van der Waals surface area contributed by atoms with Gasteiger partial charge in [-0.2, -0.15) is 13.2 Å². The quantitative estimate of drug-likeness (QED) is 0.817. The average Bonchev–Trinajstić information content (AvgIpc) is 3.15. The van der Waals surface area contributed by atoms with Gasteiger partial charge in [-0.1, -0.05) is 0 Å². The lowest BCUT2D eigenvalue weighted by Crippen LogP contribution is -2.41. The molecule has 1 amide bonds. The number of carbonyl (C=O) groups is 1. The minimum atomic E-state index is -4.41. The van der Waals surface area contributed by atoms with Crippen molar-refractivity contribution in [3.8, 4) is 0 Å². The largest absolute Gasteiger partial charge is 0.433 e. The van der Waals surface area contributed by atoms with Gasteiger partial charge < -0.3 is 14.5 Å². The number of anilines is 1. The van der Waals surface area contributed by atoms with Crippen LogP contribution in [0.1, 0.15) is 25.0 Å². The maximum Gasteiger partial charge on any atom is 0.433 e. The first kappa shape index (κ1) is 18.9. The van der Waals surface area contributed by atoms with Crippen LogP contribution in [0.4, 0.5) is 18.9 Å². The first-order chi connectivity index (χ1) is 12.3. The third kappa shape index (κ3) is 4.47. The number of ether oxygens (including phenoxy) is 1. The van der Waals surface area contributed by atoms with Gasteiger partial charge in [-0.3, -0.25) is 4.79 Å². The maximum absolute atomic E-state index is 12.6. The number of hydrogen-bond acceptors (Lipinski definition) is 4. The Kier molecular flexibility index (Phi) is 5.70. The summed E-state index contributed by atoms with van der Waals surface area (Å²) in [5.41, 5.74) is -0.156. The van der Waals surface area contributed by atoms with Crippen LogP contribution in [0, 0.1) is 11.8 Å². The monoisotopic (exact) mass is 371 g/mol. The van der Waals surface area contributed by atoms with Crippen molar-refractivity contribution in [2.24, 2.45) is 11.8 Å². The third-order valence-electron chi connectivity index (χ3n) is 5.21. The molecule has 2 saturated heterocycles. The predicted octanol–water partition coefficient (Wildman–Crippen LogP) is 2.81. The summed E-state index contributed by atoms with van der Waals surface area (Å²) in [5.74, 6) is 0.542. The zero-order valence-electron chi connectivity index (χ0n) is 14.8. The molecule has 0 saturated carbocycles. The molecule has 0 bridgehead atoms. The second-order valence-corrected chi connectivity index (χ2v) is 7.11. The predicted molar refractivity (Wildman–Crippen MR) is 90.7 cm³/mol. The minimum absolute atomic E-state index is 0.0155. The van der Waals surface area contributed by atoms with Gasteiger partial charge in [0.25, 0.3) is 0 Å². The molecule has 2 aliphatic rings. The maximum atomic E-state index is 12.6. The average molecular weight is 371 g/mol. The molecule has 2 aliphatic heterocycles. The zero-order valence-corrected chi connectivity index (χ0v) is 14.8. The molecule has 5 nitrogen and oxygen atoms in total. The highest BCUT2D eigenvalue weighted by molar-refractivity contribution is 5.78. The van der Waals surface area contributed by atoms with Crippen molar-refractivity contribution in [2.75, 3.05) is 44.8 Å². The van der Waals surface area contributed by atoms with E-state index in [0.29, 0.717) is 31.4 Å². The summed E-state index contributed by atoms with van der Waals surface area (Å²) < 4.78 is 43.1. The molecule has 1 aromatic rings. The van der Waals surface area contributed by atoms with Crippen molar-refractivity contribution in [1.29, 1.82) is 0 Å². The van der Waals surface area contributed by atoms with Gasteiger partial charge >= 0.3 is 6.18 Å². The van der Waals surface area contributed by atoms with E-state index in [1.165, 1.54) is 12.3 Å². The fourth-order valence-electron chi connectivity index (χ4n) is 3.63. The SMILES string of the molecule is CN(CC1CCN(c2ccc(C(F)(F)F)nc2)CC1)C(=O)C1CCOC1. The van der Waals surface area contributed by atoms with Crippen LogP contribution in [-0.4, -0.2) is 55.7 Å². The first-order valence-electron chi connectivity index (χ1n) is 8.95. The molecule has 0 radical (unpaired) electrons. The number of halogens is 3. The topological polar surface area (TPSA) is 45.7 Å². The highest BCUT2D eigenvalue weighted by atomic mass is 19.4. The van der Waals surface area contributed by atoms with E-state index in [4.69, 9.17) is 4.74 Å². The summed E-state index contributed by atoms with van der Waals surface area (Å²) in [4.78, 5) is 19.7. The van der Waals surface area contributed by atoms with E-state index in [0.717, 1.165) is 38.4 Å². The fourth-order valence-corrected chi connectivity index (χ4v) is 3.63. The molecule has 1 unspecified atom stereocenters. The molecular weight excluding hydrogens is 347 g/mol. The van der Waals surface area contributed by atoms with Crippen molar-refractivity contribution in [3.63, 3.8) is 0 Å². The molecule has 144 valence electrons. The second-order valence-electron chi connectivity index (χ2n) is 7.11. The Hall–Kier alpha value is -1.83. The molecule has 0 aliphatic carbocycles. The van der Waals surface area contributed by atoms with Crippen molar-refractivity contribution >= 4 is 11.6 Å². The number of nitrogens with zero attached hydrogens (tertiary/aromatic N) is 3. The van der Waals surface area contributed by atoms with Crippen LogP contribution in [0.2, 0.25) is 0 Å². The van der Waals surface area contributed by atoms with Crippen LogP contribution in [-0.2, 0) is 15.7 Å². The van der Waals surface area contributed by atoms with Crippen molar-refractivity contribution in [2.45, 2.75) is 25.4 Å². The van der Waals surface area contributed by atoms with E-state index >= 15 is 0 Å². The number of piperidine rings is 1. The van der Waals surface area contributed by atoms with Crippen LogP contribution in [0.15, 0.2) is 18.3 Å². The van der Waals surface area contributed by atoms with Gasteiger partial charge in [0.2, 0.25) is 5.91 Å². The van der Waals surface area contributed by atoms with Crippen LogP contribution in [0.25, 0.3) is 0 Å². The number of pyridine rings is 1. The van der Waals surface area contributed by atoms with E-state index in [9.17, 15) is 18.0 Å². The lowest BCUT2D eigenvalue weighted by Gasteiger charge is -2.35. The molecule has 26 heavy (non-hydrogen) atoms. The third-order valence-corrected chi connectivity index (χ3v) is 5.21. The molecule has 2 fully saturated rings. The number of hydrogen-bond donors (Lipinski definition) is 0. The smallest absolute Gasteiger partial charge is 0.381 e. The minimum Gasteiger partial charge on any atom is -0.381 e. The number of rotatable bonds is 4. The van der Waals surface area contributed by atoms with Crippen LogP contribution < -0.4 is 4.90 Å². The van der Waals surface area contributed by atoms with Gasteiger partial charge in [0.05, 0.1) is 24.4 Å². The lowest BCUT2D eigenvalue weighted by molar-refractivity contribution is -0.141.